The van der Waals surface area contributed by atoms with Crippen LogP contribution in [0.4, 0.5) is 0 Å². The van der Waals surface area contributed by atoms with Gasteiger partial charge >= 0.3 is 0 Å². The molecule has 2 aromatic rings. The number of rotatable bonds is 2. The molecule has 86 valence electrons. The molecule has 1 aromatic carbocycles. The zero-order valence-corrected chi connectivity index (χ0v) is 10.7. The summed E-state index contributed by atoms with van der Waals surface area (Å²) in [6.07, 6.45) is 0. The van der Waals surface area contributed by atoms with Gasteiger partial charge in [0.2, 0.25) is 0 Å². The number of hydrogen-bond donors (Lipinski definition) is 2. The predicted octanol–water partition coefficient (Wildman–Crippen LogP) is 3.71. The summed E-state index contributed by atoms with van der Waals surface area (Å²) in [6, 6.07) is 4.04. The van der Waals surface area contributed by atoms with Gasteiger partial charge in [-0.25, -0.2) is 0 Å². The van der Waals surface area contributed by atoms with Gasteiger partial charge in [-0.2, -0.15) is 0 Å². The lowest BCUT2D eigenvalue weighted by Gasteiger charge is -2.06. The molecule has 0 unspecified atom stereocenters. The second-order valence-electron chi connectivity index (χ2n) is 4.47. The summed E-state index contributed by atoms with van der Waals surface area (Å²) in [5.41, 5.74) is 10.4. The molecule has 0 fully saturated rings. The number of aryl methyl sites for hydroxylation is 1. The van der Waals surface area contributed by atoms with Gasteiger partial charge in [-0.15, -0.1) is 0 Å². The number of nitrogens with one attached hydrogen (secondary N) is 1. The molecular weight excluding hydrogens is 220 g/mol. The van der Waals surface area contributed by atoms with Crippen molar-refractivity contribution in [2.45, 2.75) is 33.2 Å². The van der Waals surface area contributed by atoms with Crippen molar-refractivity contribution in [2.75, 3.05) is 0 Å². The van der Waals surface area contributed by atoms with Crippen LogP contribution in [-0.2, 0) is 6.54 Å². The van der Waals surface area contributed by atoms with Crippen LogP contribution in [0, 0.1) is 6.92 Å². The van der Waals surface area contributed by atoms with Gasteiger partial charge in [0.1, 0.15) is 0 Å². The average Bonchev–Trinajstić information content (AvgIpc) is 2.62. The number of benzene rings is 1. The first kappa shape index (κ1) is 11.5. The zero-order chi connectivity index (χ0) is 11.9. The molecule has 1 heterocycles. The van der Waals surface area contributed by atoms with E-state index >= 15 is 0 Å². The second-order valence-corrected chi connectivity index (χ2v) is 4.88. The van der Waals surface area contributed by atoms with Gasteiger partial charge in [0.05, 0.1) is 5.52 Å². The van der Waals surface area contributed by atoms with Crippen molar-refractivity contribution in [1.29, 1.82) is 0 Å². The first-order valence-corrected chi connectivity index (χ1v) is 5.93. The van der Waals surface area contributed by atoms with E-state index in [1.807, 2.05) is 13.0 Å². The van der Waals surface area contributed by atoms with E-state index in [-0.39, 0.29) is 0 Å². The normalized spacial score (nSPS) is 11.6. The van der Waals surface area contributed by atoms with Crippen LogP contribution in [0.15, 0.2) is 12.1 Å². The first-order chi connectivity index (χ1) is 7.56. The fourth-order valence-corrected chi connectivity index (χ4v) is 2.43. The maximum absolute atomic E-state index is 6.12. The predicted molar refractivity (Wildman–Crippen MR) is 70.0 cm³/mol. The fourth-order valence-electron chi connectivity index (χ4n) is 2.27. The molecule has 2 nitrogen and oxygen atoms in total. The van der Waals surface area contributed by atoms with Crippen molar-refractivity contribution in [2.24, 2.45) is 5.73 Å². The second kappa shape index (κ2) is 4.11. The molecule has 16 heavy (non-hydrogen) atoms. The van der Waals surface area contributed by atoms with Crippen LogP contribution in [0.2, 0.25) is 5.02 Å². The van der Waals surface area contributed by atoms with Gasteiger partial charge in [-0.05, 0) is 30.0 Å². The van der Waals surface area contributed by atoms with Crippen molar-refractivity contribution in [3.8, 4) is 0 Å². The minimum atomic E-state index is 0.466. The monoisotopic (exact) mass is 236 g/mol. The minimum absolute atomic E-state index is 0.466. The third kappa shape index (κ3) is 1.62. The van der Waals surface area contributed by atoms with E-state index in [0.29, 0.717) is 12.5 Å². The first-order valence-electron chi connectivity index (χ1n) is 5.55. The Morgan fingerprint density at radius 3 is 2.62 bits per heavy atom. The molecule has 0 atom stereocenters. The maximum atomic E-state index is 6.12. The van der Waals surface area contributed by atoms with Crippen molar-refractivity contribution in [3.05, 3.63) is 34.0 Å². The summed E-state index contributed by atoms with van der Waals surface area (Å²) >= 11 is 6.12. The largest absolute Gasteiger partial charge is 0.357 e. The molecule has 3 heteroatoms. The van der Waals surface area contributed by atoms with Gasteiger partial charge in [0, 0.05) is 22.6 Å². The number of H-pyrrole nitrogens is 1. The number of hydrogen-bond acceptors (Lipinski definition) is 1. The highest BCUT2D eigenvalue weighted by Gasteiger charge is 2.15. The molecular formula is C13H17ClN2. The van der Waals surface area contributed by atoms with Gasteiger partial charge in [-0.1, -0.05) is 31.5 Å². The molecule has 0 spiro atoms. The lowest BCUT2D eigenvalue weighted by atomic mass is 9.98. The summed E-state index contributed by atoms with van der Waals surface area (Å²) < 4.78 is 0. The van der Waals surface area contributed by atoms with Crippen LogP contribution in [0.1, 0.15) is 36.6 Å². The highest BCUT2D eigenvalue weighted by Crippen LogP contribution is 2.33. The van der Waals surface area contributed by atoms with Crippen LogP contribution >= 0.6 is 11.6 Å². The van der Waals surface area contributed by atoms with Crippen LogP contribution < -0.4 is 5.73 Å². The molecule has 1 aromatic heterocycles. The van der Waals surface area contributed by atoms with Crippen molar-refractivity contribution in [1.82, 2.24) is 4.98 Å². The molecule has 0 bridgehead atoms. The third-order valence-corrected chi connectivity index (χ3v) is 3.48. The molecule has 3 N–H and O–H groups in total. The van der Waals surface area contributed by atoms with Crippen molar-refractivity contribution < 1.29 is 0 Å². The summed E-state index contributed by atoms with van der Waals surface area (Å²) in [7, 11) is 0. The molecule has 0 aliphatic carbocycles. The Morgan fingerprint density at radius 2 is 2.06 bits per heavy atom. The van der Waals surface area contributed by atoms with E-state index in [2.05, 4.69) is 24.9 Å². The molecule has 0 saturated carbocycles. The highest BCUT2D eigenvalue weighted by atomic mass is 35.5. The minimum Gasteiger partial charge on any atom is -0.357 e. The lowest BCUT2D eigenvalue weighted by molar-refractivity contribution is 0.841. The summed E-state index contributed by atoms with van der Waals surface area (Å²) in [6.45, 7) is 6.95. The Bertz CT molecular complexity index is 526. The van der Waals surface area contributed by atoms with Gasteiger partial charge < -0.3 is 10.7 Å². The Kier molecular flexibility index (Phi) is 2.96. The maximum Gasteiger partial charge on any atom is 0.0504 e. The van der Waals surface area contributed by atoms with Crippen molar-refractivity contribution >= 4 is 22.5 Å². The van der Waals surface area contributed by atoms with Crippen LogP contribution in [0.25, 0.3) is 10.9 Å². The van der Waals surface area contributed by atoms with Crippen LogP contribution in [0.3, 0.4) is 0 Å². The Labute approximate surface area is 101 Å². The number of aromatic nitrogens is 1. The van der Waals surface area contributed by atoms with Crippen molar-refractivity contribution in [3.63, 3.8) is 0 Å². The molecule has 0 saturated heterocycles. The Morgan fingerprint density at radius 1 is 1.38 bits per heavy atom. The average molecular weight is 237 g/mol. The summed E-state index contributed by atoms with van der Waals surface area (Å²) in [5.74, 6) is 0.466. The molecule has 0 aliphatic heterocycles. The van der Waals surface area contributed by atoms with Crippen LogP contribution in [0.5, 0.6) is 0 Å². The molecule has 0 amide bonds. The van der Waals surface area contributed by atoms with Gasteiger partial charge in [0.25, 0.3) is 0 Å². The fraction of sp³-hybridized carbons (Fsp3) is 0.385. The SMILES string of the molecule is Cc1c(Cl)ccc2c(C(C)C)c(CN)[nH]c12. The zero-order valence-electron chi connectivity index (χ0n) is 9.89. The molecule has 2 rings (SSSR count). The van der Waals surface area contributed by atoms with E-state index in [1.165, 1.54) is 10.9 Å². The Balaban J connectivity index is 2.83. The van der Waals surface area contributed by atoms with E-state index in [0.717, 1.165) is 21.8 Å². The number of fused-ring (bicyclic) bond motifs is 1. The summed E-state index contributed by atoms with van der Waals surface area (Å²) in [4.78, 5) is 3.39. The van der Waals surface area contributed by atoms with E-state index in [1.54, 1.807) is 0 Å². The molecule has 0 radical (unpaired) electrons. The number of nitrogens with two attached hydrogens (primary N) is 1. The topological polar surface area (TPSA) is 41.8 Å². The number of halogens is 1. The third-order valence-electron chi connectivity index (χ3n) is 3.07. The number of aromatic amines is 1. The quantitative estimate of drug-likeness (QED) is 0.820. The standard InChI is InChI=1S/C13H17ClN2/c1-7(2)12-9-4-5-10(14)8(3)13(9)16-11(12)6-15/h4-5,7,16H,6,15H2,1-3H3. The smallest absolute Gasteiger partial charge is 0.0504 e. The van der Waals surface area contributed by atoms with Crippen LogP contribution in [-0.4, -0.2) is 4.98 Å². The van der Waals surface area contributed by atoms with E-state index in [4.69, 9.17) is 17.3 Å². The molecule has 0 aliphatic rings. The van der Waals surface area contributed by atoms with Gasteiger partial charge in [0.15, 0.2) is 0 Å². The van der Waals surface area contributed by atoms with E-state index < -0.39 is 0 Å². The van der Waals surface area contributed by atoms with E-state index in [9.17, 15) is 0 Å². The van der Waals surface area contributed by atoms with Gasteiger partial charge in [-0.3, -0.25) is 0 Å². The highest BCUT2D eigenvalue weighted by molar-refractivity contribution is 6.32. The Hall–Kier alpha value is -0.990. The lowest BCUT2D eigenvalue weighted by Crippen LogP contribution is -2.01. The summed E-state index contributed by atoms with van der Waals surface area (Å²) in [5, 5.41) is 2.05.